The van der Waals surface area contributed by atoms with Crippen LogP contribution in [0.1, 0.15) is 42.1 Å². The largest absolute Gasteiger partial charge is 0.379 e. The number of aromatic nitrogens is 3. The third-order valence-corrected chi connectivity index (χ3v) is 5.69. The highest BCUT2D eigenvalue weighted by molar-refractivity contribution is 7.09. The van der Waals surface area contributed by atoms with Gasteiger partial charge in [0, 0.05) is 37.5 Å². The second-order valence-corrected chi connectivity index (χ2v) is 7.57. The highest BCUT2D eigenvalue weighted by atomic mass is 32.1. The minimum atomic E-state index is 0.236. The molecule has 6 heteroatoms. The van der Waals surface area contributed by atoms with Crippen LogP contribution in [0.3, 0.4) is 0 Å². The molecule has 0 N–H and O–H groups in total. The molecule has 2 aromatic heterocycles. The summed E-state index contributed by atoms with van der Waals surface area (Å²) >= 11 is 1.82. The van der Waals surface area contributed by atoms with Gasteiger partial charge in [-0.2, -0.15) is 0 Å². The van der Waals surface area contributed by atoms with Crippen molar-refractivity contribution in [2.24, 2.45) is 5.92 Å². The molecule has 0 unspecified atom stereocenters. The van der Waals surface area contributed by atoms with Crippen LogP contribution in [-0.2, 0) is 24.2 Å². The van der Waals surface area contributed by atoms with Crippen LogP contribution < -0.4 is 0 Å². The Morgan fingerprint density at radius 2 is 2.26 bits per heavy atom. The molecule has 4 rings (SSSR count). The van der Waals surface area contributed by atoms with Gasteiger partial charge in [-0.15, -0.1) is 16.4 Å². The van der Waals surface area contributed by atoms with E-state index in [4.69, 9.17) is 4.74 Å². The second-order valence-electron chi connectivity index (χ2n) is 6.53. The summed E-state index contributed by atoms with van der Waals surface area (Å²) in [6, 6.07) is 4.58. The highest BCUT2D eigenvalue weighted by Crippen LogP contribution is 2.32. The van der Waals surface area contributed by atoms with Gasteiger partial charge in [-0.1, -0.05) is 11.3 Å². The Hall–Kier alpha value is -1.24. The van der Waals surface area contributed by atoms with Crippen molar-refractivity contribution in [2.45, 2.75) is 45.3 Å². The molecule has 0 spiro atoms. The average molecular weight is 332 g/mol. The number of hydrogen-bond donors (Lipinski definition) is 0. The summed E-state index contributed by atoms with van der Waals surface area (Å²) in [7, 11) is 0. The van der Waals surface area contributed by atoms with E-state index in [9.17, 15) is 0 Å². The van der Waals surface area contributed by atoms with E-state index in [-0.39, 0.29) is 6.04 Å². The fraction of sp³-hybridized carbons (Fsp3) is 0.647. The Labute approximate surface area is 141 Å². The van der Waals surface area contributed by atoms with E-state index < -0.39 is 0 Å². The Morgan fingerprint density at radius 3 is 3.00 bits per heavy atom. The van der Waals surface area contributed by atoms with Crippen molar-refractivity contribution in [1.82, 2.24) is 19.9 Å². The molecule has 0 aromatic carbocycles. The maximum Gasteiger partial charge on any atom is 0.105 e. The summed E-state index contributed by atoms with van der Waals surface area (Å²) in [5.74, 6) is 0.801. The minimum absolute atomic E-state index is 0.236. The molecular formula is C17H24N4OS. The van der Waals surface area contributed by atoms with Gasteiger partial charge in [0.15, 0.2) is 0 Å². The molecule has 3 heterocycles. The van der Waals surface area contributed by atoms with Crippen LogP contribution in [0.2, 0.25) is 0 Å². The first-order chi connectivity index (χ1) is 11.3. The monoisotopic (exact) mass is 332 g/mol. The van der Waals surface area contributed by atoms with Crippen molar-refractivity contribution >= 4 is 11.3 Å². The maximum atomic E-state index is 6.03. The van der Waals surface area contributed by atoms with Crippen LogP contribution in [0.4, 0.5) is 0 Å². The molecule has 1 saturated carbocycles. The topological polar surface area (TPSA) is 43.2 Å². The first-order valence-corrected chi connectivity index (χ1v) is 9.49. The lowest BCUT2D eigenvalue weighted by atomic mass is 10.0. The Morgan fingerprint density at radius 1 is 1.35 bits per heavy atom. The van der Waals surface area contributed by atoms with E-state index in [1.807, 2.05) is 16.0 Å². The van der Waals surface area contributed by atoms with Gasteiger partial charge in [-0.05, 0) is 37.1 Å². The number of fused-ring (bicyclic) bond motifs is 1. The normalized spacial score (nSPS) is 21.5. The van der Waals surface area contributed by atoms with E-state index in [2.05, 4.69) is 39.6 Å². The van der Waals surface area contributed by atoms with Gasteiger partial charge in [-0.3, -0.25) is 4.90 Å². The van der Waals surface area contributed by atoms with Crippen LogP contribution >= 0.6 is 11.3 Å². The molecule has 1 fully saturated rings. The van der Waals surface area contributed by atoms with Gasteiger partial charge >= 0.3 is 0 Å². The summed E-state index contributed by atoms with van der Waals surface area (Å²) in [5.41, 5.74) is 2.43. The number of ether oxygens (including phenoxy) is 1. The Balaban J connectivity index is 1.52. The fourth-order valence-corrected chi connectivity index (χ4v) is 4.03. The zero-order valence-electron chi connectivity index (χ0n) is 13.6. The predicted molar refractivity (Wildman–Crippen MR) is 90.4 cm³/mol. The summed E-state index contributed by atoms with van der Waals surface area (Å²) in [4.78, 5) is 3.92. The zero-order valence-corrected chi connectivity index (χ0v) is 14.5. The molecule has 0 amide bonds. The van der Waals surface area contributed by atoms with Crippen LogP contribution in [0.5, 0.6) is 0 Å². The molecule has 124 valence electrons. The third kappa shape index (κ3) is 3.34. The zero-order chi connectivity index (χ0) is 15.6. The van der Waals surface area contributed by atoms with Gasteiger partial charge in [0.1, 0.15) is 5.69 Å². The Kier molecular flexibility index (Phi) is 4.46. The quantitative estimate of drug-likeness (QED) is 0.782. The molecule has 1 aliphatic carbocycles. The average Bonchev–Trinajstić information content (AvgIpc) is 3.08. The van der Waals surface area contributed by atoms with Crippen molar-refractivity contribution in [1.29, 1.82) is 0 Å². The standard InChI is InChI=1S/C17H24N4OS/c1-2-21-15-7-8-20(10-14-4-3-9-23-14)16(17(15)18-19-21)12-22-11-13-5-6-13/h3-4,9,13,16H,2,5-8,10-12H2,1H3/t16-/m0/s1. The molecule has 2 aromatic rings. The van der Waals surface area contributed by atoms with Crippen molar-refractivity contribution in [3.63, 3.8) is 0 Å². The van der Waals surface area contributed by atoms with Crippen LogP contribution in [0.15, 0.2) is 17.5 Å². The van der Waals surface area contributed by atoms with Crippen LogP contribution in [0.25, 0.3) is 0 Å². The molecule has 0 radical (unpaired) electrons. The molecule has 0 bridgehead atoms. The summed E-state index contributed by atoms with van der Waals surface area (Å²) in [5, 5.41) is 11.0. The fourth-order valence-electron chi connectivity index (χ4n) is 3.30. The number of nitrogens with zero attached hydrogens (tertiary/aromatic N) is 4. The number of hydrogen-bond acceptors (Lipinski definition) is 5. The van der Waals surface area contributed by atoms with Crippen molar-refractivity contribution in [3.8, 4) is 0 Å². The predicted octanol–water partition coefficient (Wildman–Crippen LogP) is 2.89. The minimum Gasteiger partial charge on any atom is -0.379 e. The number of rotatable bonds is 7. The third-order valence-electron chi connectivity index (χ3n) is 4.82. The van der Waals surface area contributed by atoms with E-state index >= 15 is 0 Å². The lowest BCUT2D eigenvalue weighted by Crippen LogP contribution is -2.38. The van der Waals surface area contributed by atoms with E-state index in [0.717, 1.165) is 50.9 Å². The molecule has 23 heavy (non-hydrogen) atoms. The van der Waals surface area contributed by atoms with Gasteiger partial charge in [0.05, 0.1) is 18.3 Å². The molecule has 5 nitrogen and oxygen atoms in total. The lowest BCUT2D eigenvalue weighted by Gasteiger charge is -2.34. The van der Waals surface area contributed by atoms with Crippen LogP contribution in [0, 0.1) is 5.92 Å². The highest BCUT2D eigenvalue weighted by Gasteiger charge is 2.33. The molecule has 1 aliphatic heterocycles. The second kappa shape index (κ2) is 6.71. The molecule has 2 aliphatic rings. The van der Waals surface area contributed by atoms with Gasteiger partial charge in [0.25, 0.3) is 0 Å². The summed E-state index contributed by atoms with van der Waals surface area (Å²) in [6.07, 6.45) is 3.70. The first kappa shape index (κ1) is 15.3. The van der Waals surface area contributed by atoms with E-state index in [1.54, 1.807) is 0 Å². The molecular weight excluding hydrogens is 308 g/mol. The number of aryl methyl sites for hydroxylation is 1. The van der Waals surface area contributed by atoms with Gasteiger partial charge < -0.3 is 4.74 Å². The van der Waals surface area contributed by atoms with E-state index in [1.165, 1.54) is 23.4 Å². The SMILES string of the molecule is CCn1nnc2c1CCN(Cc1cccs1)[C@H]2COCC1CC1. The Bertz CT molecular complexity index is 635. The molecule has 0 saturated heterocycles. The maximum absolute atomic E-state index is 6.03. The van der Waals surface area contributed by atoms with Gasteiger partial charge in [-0.25, -0.2) is 4.68 Å². The van der Waals surface area contributed by atoms with Crippen molar-refractivity contribution in [3.05, 3.63) is 33.8 Å². The summed E-state index contributed by atoms with van der Waals surface area (Å²) in [6.45, 7) is 6.69. The lowest BCUT2D eigenvalue weighted by molar-refractivity contribution is 0.0429. The molecule has 1 atom stereocenters. The first-order valence-electron chi connectivity index (χ1n) is 8.61. The smallest absolute Gasteiger partial charge is 0.105 e. The van der Waals surface area contributed by atoms with Gasteiger partial charge in [0.2, 0.25) is 0 Å². The van der Waals surface area contributed by atoms with E-state index in [0.29, 0.717) is 0 Å². The van der Waals surface area contributed by atoms with Crippen molar-refractivity contribution in [2.75, 3.05) is 19.8 Å². The summed E-state index contributed by atoms with van der Waals surface area (Å²) < 4.78 is 8.08. The van der Waals surface area contributed by atoms with Crippen LogP contribution in [-0.4, -0.2) is 39.7 Å². The van der Waals surface area contributed by atoms with Crippen molar-refractivity contribution < 1.29 is 4.74 Å². The number of thiophene rings is 1.